The number of hydrogen-bond donors (Lipinski definition) is 1. The zero-order valence-electron chi connectivity index (χ0n) is 14.4. The van der Waals surface area contributed by atoms with Gasteiger partial charge in [0, 0.05) is 10.1 Å². The first-order chi connectivity index (χ1) is 9.59. The van der Waals surface area contributed by atoms with Crippen molar-refractivity contribution in [2.45, 2.75) is 87.9 Å². The molecule has 2 heteroatoms. The number of benzene rings is 1. The first-order valence-electron chi connectivity index (χ1n) is 8.09. The predicted molar refractivity (Wildman–Crippen MR) is 93.3 cm³/mol. The molecule has 0 heterocycles. The van der Waals surface area contributed by atoms with Gasteiger partial charge in [0.1, 0.15) is 0 Å². The van der Waals surface area contributed by atoms with Crippen molar-refractivity contribution in [3.8, 4) is 0 Å². The van der Waals surface area contributed by atoms with E-state index in [1.54, 1.807) is 0 Å². The molecule has 0 aromatic heterocycles. The summed E-state index contributed by atoms with van der Waals surface area (Å²) in [7, 11) is 0. The van der Waals surface area contributed by atoms with Crippen molar-refractivity contribution in [1.29, 1.82) is 0 Å². The fourth-order valence-corrected chi connectivity index (χ4v) is 4.43. The average Bonchev–Trinajstić information content (AvgIpc) is 2.73. The van der Waals surface area contributed by atoms with Gasteiger partial charge in [-0.15, -0.1) is 11.8 Å². The van der Waals surface area contributed by atoms with Gasteiger partial charge in [0.05, 0.1) is 6.10 Å². The molecule has 1 aromatic rings. The van der Waals surface area contributed by atoms with Crippen LogP contribution < -0.4 is 0 Å². The van der Waals surface area contributed by atoms with Gasteiger partial charge >= 0.3 is 0 Å². The largest absolute Gasteiger partial charge is 0.392 e. The minimum Gasteiger partial charge on any atom is -0.392 e. The van der Waals surface area contributed by atoms with Gasteiger partial charge in [0.2, 0.25) is 0 Å². The highest BCUT2D eigenvalue weighted by Gasteiger charge is 2.29. The summed E-state index contributed by atoms with van der Waals surface area (Å²) in [5.41, 5.74) is 3.12. The lowest BCUT2D eigenvalue weighted by Crippen LogP contribution is -2.19. The molecule has 0 saturated heterocycles. The maximum Gasteiger partial charge on any atom is 0.0662 e. The smallest absolute Gasteiger partial charge is 0.0662 e. The Hall–Kier alpha value is -0.470. The van der Waals surface area contributed by atoms with Gasteiger partial charge in [-0.2, -0.15) is 0 Å². The quantitative estimate of drug-likeness (QED) is 0.801. The van der Waals surface area contributed by atoms with Crippen LogP contribution in [0, 0.1) is 0 Å². The van der Waals surface area contributed by atoms with E-state index in [0.717, 1.165) is 19.3 Å². The third kappa shape index (κ3) is 4.04. The van der Waals surface area contributed by atoms with Crippen LogP contribution in [0.5, 0.6) is 0 Å². The number of aliphatic hydroxyl groups excluding tert-OH is 1. The zero-order valence-corrected chi connectivity index (χ0v) is 15.2. The zero-order chi connectivity index (χ0) is 15.8. The fraction of sp³-hybridized carbons (Fsp3) is 0.684. The van der Waals surface area contributed by atoms with Crippen molar-refractivity contribution in [3.63, 3.8) is 0 Å². The molecule has 1 nitrogen and oxygen atoms in total. The third-order valence-electron chi connectivity index (χ3n) is 4.35. The Balaban J connectivity index is 2.36. The van der Waals surface area contributed by atoms with Gasteiger partial charge in [-0.3, -0.25) is 0 Å². The summed E-state index contributed by atoms with van der Waals surface area (Å²) in [4.78, 5) is 1.35. The molecule has 118 valence electrons. The van der Waals surface area contributed by atoms with Crippen LogP contribution in [0.3, 0.4) is 0 Å². The maximum absolute atomic E-state index is 10.1. The Morgan fingerprint density at radius 2 is 1.67 bits per heavy atom. The van der Waals surface area contributed by atoms with E-state index in [4.69, 9.17) is 0 Å². The molecule has 2 rings (SSSR count). The van der Waals surface area contributed by atoms with Gasteiger partial charge in [-0.1, -0.05) is 53.7 Å². The standard InChI is InChI=1S/C19H30OS/c1-18(2,3)13-10-11-16(14(12-13)19(4,5)6)21-17-9-7-8-15(17)20/h10-12,15,17,20H,7-9H2,1-6H3/t15-,17-/m0/s1. The van der Waals surface area contributed by atoms with Crippen molar-refractivity contribution >= 4 is 11.8 Å². The Kier molecular flexibility index (Phi) is 4.80. The summed E-state index contributed by atoms with van der Waals surface area (Å²) in [6, 6.07) is 6.92. The number of rotatable bonds is 2. The summed E-state index contributed by atoms with van der Waals surface area (Å²) in [6.45, 7) is 13.6. The molecular weight excluding hydrogens is 276 g/mol. The fourth-order valence-electron chi connectivity index (χ4n) is 2.89. The van der Waals surface area contributed by atoms with E-state index < -0.39 is 0 Å². The molecule has 0 spiro atoms. The molecule has 0 unspecified atom stereocenters. The highest BCUT2D eigenvalue weighted by molar-refractivity contribution is 8.00. The highest BCUT2D eigenvalue weighted by Crippen LogP contribution is 2.41. The van der Waals surface area contributed by atoms with Gasteiger partial charge in [0.15, 0.2) is 0 Å². The Labute approximate surface area is 134 Å². The van der Waals surface area contributed by atoms with Crippen LogP contribution in [0.1, 0.15) is 71.9 Å². The van der Waals surface area contributed by atoms with Crippen LogP contribution in [0.2, 0.25) is 0 Å². The minimum absolute atomic E-state index is 0.132. The second-order valence-corrected chi connectivity index (χ2v) is 9.65. The van der Waals surface area contributed by atoms with E-state index in [1.165, 1.54) is 16.0 Å². The minimum atomic E-state index is -0.134. The molecule has 0 aliphatic heterocycles. The summed E-state index contributed by atoms with van der Waals surface area (Å²) >= 11 is 1.88. The van der Waals surface area contributed by atoms with E-state index in [0.29, 0.717) is 5.25 Å². The number of thioether (sulfide) groups is 1. The second-order valence-electron chi connectivity index (χ2n) is 8.37. The lowest BCUT2D eigenvalue weighted by atomic mass is 9.81. The van der Waals surface area contributed by atoms with E-state index in [-0.39, 0.29) is 16.9 Å². The average molecular weight is 307 g/mol. The normalized spacial score (nSPS) is 23.6. The predicted octanol–water partition coefficient (Wildman–Crippen LogP) is 5.29. The molecular formula is C19H30OS. The maximum atomic E-state index is 10.1. The van der Waals surface area contributed by atoms with Crippen LogP contribution in [-0.4, -0.2) is 16.5 Å². The summed E-state index contributed by atoms with van der Waals surface area (Å²) in [5, 5.41) is 10.5. The number of aliphatic hydroxyl groups is 1. The molecule has 2 atom stereocenters. The topological polar surface area (TPSA) is 20.2 Å². The lowest BCUT2D eigenvalue weighted by Gasteiger charge is -2.28. The summed E-state index contributed by atoms with van der Waals surface area (Å²) in [5.74, 6) is 0. The van der Waals surface area contributed by atoms with Gasteiger partial charge in [-0.25, -0.2) is 0 Å². The molecule has 21 heavy (non-hydrogen) atoms. The molecule has 1 aliphatic rings. The molecule has 1 aromatic carbocycles. The van der Waals surface area contributed by atoms with Crippen molar-refractivity contribution in [2.24, 2.45) is 0 Å². The van der Waals surface area contributed by atoms with Crippen molar-refractivity contribution in [1.82, 2.24) is 0 Å². The second kappa shape index (κ2) is 5.96. The third-order valence-corrected chi connectivity index (χ3v) is 5.81. The van der Waals surface area contributed by atoms with Gasteiger partial charge < -0.3 is 5.11 Å². The van der Waals surface area contributed by atoms with Gasteiger partial charge in [0.25, 0.3) is 0 Å². The monoisotopic (exact) mass is 306 g/mol. The van der Waals surface area contributed by atoms with Crippen LogP contribution in [-0.2, 0) is 10.8 Å². The first-order valence-corrected chi connectivity index (χ1v) is 8.97. The molecule has 0 radical (unpaired) electrons. The van der Waals surface area contributed by atoms with E-state index in [2.05, 4.69) is 59.7 Å². The number of hydrogen-bond acceptors (Lipinski definition) is 2. The van der Waals surface area contributed by atoms with Crippen LogP contribution in [0.4, 0.5) is 0 Å². The molecule has 0 amide bonds. The Bertz CT molecular complexity index is 493. The Morgan fingerprint density at radius 3 is 2.14 bits per heavy atom. The van der Waals surface area contributed by atoms with Gasteiger partial charge in [-0.05, 0) is 47.3 Å². The molecule has 0 bridgehead atoms. The molecule has 1 aliphatic carbocycles. The summed E-state index contributed by atoms with van der Waals surface area (Å²) < 4.78 is 0. The SMILES string of the molecule is CC(C)(C)c1ccc(S[C@H]2CCC[C@@H]2O)c(C(C)(C)C)c1. The molecule has 1 saturated carbocycles. The molecule has 1 N–H and O–H groups in total. The highest BCUT2D eigenvalue weighted by atomic mass is 32.2. The molecule has 1 fully saturated rings. The summed E-state index contributed by atoms with van der Waals surface area (Å²) in [6.07, 6.45) is 3.12. The van der Waals surface area contributed by atoms with Crippen LogP contribution >= 0.6 is 11.8 Å². The van der Waals surface area contributed by atoms with E-state index in [1.807, 2.05) is 11.8 Å². The van der Waals surface area contributed by atoms with E-state index >= 15 is 0 Å². The van der Waals surface area contributed by atoms with Crippen molar-refractivity contribution < 1.29 is 5.11 Å². The van der Waals surface area contributed by atoms with Crippen LogP contribution in [0.25, 0.3) is 0 Å². The Morgan fingerprint density at radius 1 is 1.00 bits per heavy atom. The van der Waals surface area contributed by atoms with E-state index in [9.17, 15) is 5.11 Å². The van der Waals surface area contributed by atoms with Crippen molar-refractivity contribution in [2.75, 3.05) is 0 Å². The first kappa shape index (κ1) is 16.9. The van der Waals surface area contributed by atoms with Crippen molar-refractivity contribution in [3.05, 3.63) is 29.3 Å². The lowest BCUT2D eigenvalue weighted by molar-refractivity contribution is 0.188. The van der Waals surface area contributed by atoms with Crippen LogP contribution in [0.15, 0.2) is 23.1 Å².